The van der Waals surface area contributed by atoms with Crippen LogP contribution in [0.25, 0.3) is 22.3 Å². The van der Waals surface area contributed by atoms with Crippen LogP contribution < -0.4 is 10.5 Å². The molecule has 0 aliphatic carbocycles. The maximum Gasteiger partial charge on any atom is 0.162 e. The fourth-order valence-electron chi connectivity index (χ4n) is 2.25. The largest absolute Gasteiger partial charge is 0.497 e. The van der Waals surface area contributed by atoms with Gasteiger partial charge in [-0.05, 0) is 48.9 Å². The van der Waals surface area contributed by atoms with Gasteiger partial charge in [-0.25, -0.2) is 14.4 Å². The molecule has 0 aliphatic heterocycles. The Balaban J connectivity index is 2.20. The van der Waals surface area contributed by atoms with Gasteiger partial charge in [0.15, 0.2) is 5.82 Å². The van der Waals surface area contributed by atoms with E-state index in [2.05, 4.69) is 9.97 Å². The van der Waals surface area contributed by atoms with Crippen LogP contribution in [0.2, 0.25) is 0 Å². The number of rotatable bonds is 2. The number of anilines is 1. The zero-order chi connectivity index (χ0) is 15.0. The van der Waals surface area contributed by atoms with Crippen molar-refractivity contribution < 1.29 is 9.13 Å². The number of halogens is 1. The van der Waals surface area contributed by atoms with E-state index in [-0.39, 0.29) is 5.82 Å². The van der Waals surface area contributed by atoms with E-state index in [0.717, 1.165) is 5.56 Å². The summed E-state index contributed by atoms with van der Waals surface area (Å²) >= 11 is 0. The summed E-state index contributed by atoms with van der Waals surface area (Å²) in [6.45, 7) is 1.82. The molecule has 0 bridgehead atoms. The minimum absolute atomic E-state index is 0.318. The maximum absolute atomic E-state index is 13.5. The summed E-state index contributed by atoms with van der Waals surface area (Å²) in [5, 5.41) is 0.714. The van der Waals surface area contributed by atoms with Crippen LogP contribution in [0.4, 0.5) is 10.2 Å². The zero-order valence-electron chi connectivity index (χ0n) is 11.7. The molecule has 0 saturated heterocycles. The van der Waals surface area contributed by atoms with E-state index < -0.39 is 0 Å². The van der Waals surface area contributed by atoms with Crippen molar-refractivity contribution in [3.8, 4) is 17.1 Å². The molecule has 3 aromatic rings. The number of hydrogen-bond donors (Lipinski definition) is 1. The summed E-state index contributed by atoms with van der Waals surface area (Å²) in [7, 11) is 1.59. The molecule has 21 heavy (non-hydrogen) atoms. The van der Waals surface area contributed by atoms with Crippen molar-refractivity contribution in [2.45, 2.75) is 6.92 Å². The number of aromatic nitrogens is 2. The first-order chi connectivity index (χ1) is 10.1. The number of nitrogens with two attached hydrogens (primary N) is 1. The zero-order valence-corrected chi connectivity index (χ0v) is 11.7. The molecule has 0 saturated carbocycles. The van der Waals surface area contributed by atoms with Gasteiger partial charge in [-0.3, -0.25) is 0 Å². The van der Waals surface area contributed by atoms with Crippen LogP contribution >= 0.6 is 0 Å². The van der Waals surface area contributed by atoms with Gasteiger partial charge in [0.05, 0.1) is 12.6 Å². The van der Waals surface area contributed by atoms with Gasteiger partial charge in [0, 0.05) is 10.9 Å². The van der Waals surface area contributed by atoms with Crippen molar-refractivity contribution in [1.29, 1.82) is 0 Å². The van der Waals surface area contributed by atoms with Gasteiger partial charge in [-0.15, -0.1) is 0 Å². The highest BCUT2D eigenvalue weighted by molar-refractivity contribution is 5.90. The lowest BCUT2D eigenvalue weighted by Crippen LogP contribution is -1.99. The number of fused-ring (bicyclic) bond motifs is 1. The van der Waals surface area contributed by atoms with E-state index in [1.165, 1.54) is 12.1 Å². The molecule has 5 heteroatoms. The Labute approximate surface area is 121 Å². The molecule has 3 rings (SSSR count). The van der Waals surface area contributed by atoms with Crippen molar-refractivity contribution in [3.05, 3.63) is 47.8 Å². The molecule has 4 nitrogen and oxygen atoms in total. The number of ether oxygens (including phenoxy) is 1. The Morgan fingerprint density at radius 1 is 1.10 bits per heavy atom. The predicted octanol–water partition coefficient (Wildman–Crippen LogP) is 3.34. The van der Waals surface area contributed by atoms with Crippen molar-refractivity contribution in [2.24, 2.45) is 0 Å². The highest BCUT2D eigenvalue weighted by Gasteiger charge is 2.09. The van der Waals surface area contributed by atoms with Crippen molar-refractivity contribution in [1.82, 2.24) is 9.97 Å². The first-order valence-corrected chi connectivity index (χ1v) is 6.45. The number of nitrogens with zero attached hydrogens (tertiary/aromatic N) is 2. The van der Waals surface area contributed by atoms with Crippen molar-refractivity contribution in [3.63, 3.8) is 0 Å². The van der Waals surface area contributed by atoms with Crippen LogP contribution in [0, 0.1) is 12.7 Å². The average Bonchev–Trinajstić information content (AvgIpc) is 2.46. The van der Waals surface area contributed by atoms with Gasteiger partial charge in [-0.2, -0.15) is 0 Å². The van der Waals surface area contributed by atoms with Crippen LogP contribution in [0.1, 0.15) is 5.56 Å². The minimum atomic E-state index is -0.318. The molecule has 0 amide bonds. The van der Waals surface area contributed by atoms with E-state index in [1.54, 1.807) is 19.2 Å². The lowest BCUT2D eigenvalue weighted by atomic mass is 10.1. The van der Waals surface area contributed by atoms with Crippen LogP contribution in [0.5, 0.6) is 5.75 Å². The average molecular weight is 283 g/mol. The second-order valence-electron chi connectivity index (χ2n) is 4.83. The summed E-state index contributed by atoms with van der Waals surface area (Å²) in [5.74, 6) is 1.12. The van der Waals surface area contributed by atoms with Gasteiger partial charge in [-0.1, -0.05) is 0 Å². The fourth-order valence-corrected chi connectivity index (χ4v) is 2.25. The quantitative estimate of drug-likeness (QED) is 0.783. The number of benzene rings is 2. The fraction of sp³-hybridized carbons (Fsp3) is 0.125. The van der Waals surface area contributed by atoms with Crippen LogP contribution in [-0.2, 0) is 0 Å². The molecule has 0 radical (unpaired) electrons. The summed E-state index contributed by atoms with van der Waals surface area (Å²) in [4.78, 5) is 8.72. The monoisotopic (exact) mass is 283 g/mol. The topological polar surface area (TPSA) is 61.0 Å². The third kappa shape index (κ3) is 2.50. The van der Waals surface area contributed by atoms with E-state index in [1.807, 2.05) is 19.1 Å². The summed E-state index contributed by atoms with van der Waals surface area (Å²) in [5.41, 5.74) is 8.10. The molecule has 1 aromatic heterocycles. The van der Waals surface area contributed by atoms with Gasteiger partial charge in [0.2, 0.25) is 0 Å². The number of aryl methyl sites for hydroxylation is 1. The number of nitrogen functional groups attached to an aromatic ring is 1. The van der Waals surface area contributed by atoms with Gasteiger partial charge in [0.25, 0.3) is 0 Å². The van der Waals surface area contributed by atoms with Crippen LogP contribution in [0.15, 0.2) is 36.4 Å². The molecular weight excluding hydrogens is 269 g/mol. The SMILES string of the molecule is COc1ccc2nc(-c3cc(C)cc(F)c3)nc(N)c2c1. The molecule has 106 valence electrons. The van der Waals surface area contributed by atoms with E-state index in [9.17, 15) is 4.39 Å². The molecule has 0 atom stereocenters. The Hall–Kier alpha value is -2.69. The smallest absolute Gasteiger partial charge is 0.162 e. The van der Waals surface area contributed by atoms with Crippen LogP contribution in [0.3, 0.4) is 0 Å². The molecule has 2 aromatic carbocycles. The first-order valence-electron chi connectivity index (χ1n) is 6.45. The summed E-state index contributed by atoms with van der Waals surface area (Å²) < 4.78 is 18.7. The van der Waals surface area contributed by atoms with Gasteiger partial charge < -0.3 is 10.5 Å². The predicted molar refractivity (Wildman–Crippen MR) is 80.6 cm³/mol. The highest BCUT2D eigenvalue weighted by atomic mass is 19.1. The highest BCUT2D eigenvalue weighted by Crippen LogP contribution is 2.27. The van der Waals surface area contributed by atoms with Gasteiger partial charge in [0.1, 0.15) is 17.4 Å². The summed E-state index contributed by atoms with van der Waals surface area (Å²) in [6.07, 6.45) is 0. The molecule has 0 unspecified atom stereocenters. The van der Waals surface area contributed by atoms with Crippen LogP contribution in [-0.4, -0.2) is 17.1 Å². The molecule has 0 aliphatic rings. The van der Waals surface area contributed by atoms with E-state index >= 15 is 0 Å². The lowest BCUT2D eigenvalue weighted by molar-refractivity contribution is 0.415. The second kappa shape index (κ2) is 5.01. The molecule has 0 fully saturated rings. The lowest BCUT2D eigenvalue weighted by Gasteiger charge is -2.08. The molecule has 2 N–H and O–H groups in total. The third-order valence-corrected chi connectivity index (χ3v) is 3.23. The van der Waals surface area contributed by atoms with Crippen molar-refractivity contribution in [2.75, 3.05) is 12.8 Å². The van der Waals surface area contributed by atoms with Crippen molar-refractivity contribution >= 4 is 16.7 Å². The molecule has 0 spiro atoms. The standard InChI is InChI=1S/C16H14FN3O/c1-9-5-10(7-11(17)6-9)16-19-14-4-3-12(21-2)8-13(14)15(18)20-16/h3-8H,1-2H3,(H2,18,19,20). The van der Waals surface area contributed by atoms with E-state index in [4.69, 9.17) is 10.5 Å². The minimum Gasteiger partial charge on any atom is -0.497 e. The summed E-state index contributed by atoms with van der Waals surface area (Å²) in [6, 6.07) is 10.1. The second-order valence-corrected chi connectivity index (χ2v) is 4.83. The Bertz CT molecular complexity index is 813. The molecule has 1 heterocycles. The molecular formula is C16H14FN3O. The normalized spacial score (nSPS) is 10.8. The van der Waals surface area contributed by atoms with Gasteiger partial charge >= 0.3 is 0 Å². The Morgan fingerprint density at radius 3 is 2.62 bits per heavy atom. The van der Waals surface area contributed by atoms with E-state index in [0.29, 0.717) is 33.9 Å². The number of methoxy groups -OCH3 is 1. The first kappa shape index (κ1) is 13.3. The third-order valence-electron chi connectivity index (χ3n) is 3.23. The Kier molecular flexibility index (Phi) is 3.17. The maximum atomic E-state index is 13.5. The number of hydrogen-bond acceptors (Lipinski definition) is 4. The Morgan fingerprint density at radius 2 is 1.90 bits per heavy atom.